The Morgan fingerprint density at radius 1 is 1.44 bits per heavy atom. The lowest BCUT2D eigenvalue weighted by atomic mass is 10.2. The molecule has 18 heavy (non-hydrogen) atoms. The molecule has 1 atom stereocenters. The number of rotatable bonds is 4. The summed E-state index contributed by atoms with van der Waals surface area (Å²) in [4.78, 5) is 4.62. The minimum Gasteiger partial charge on any atom is -0.327 e. The van der Waals surface area contributed by atoms with Crippen LogP contribution in [0.2, 0.25) is 5.02 Å². The molecule has 0 saturated heterocycles. The molecule has 0 radical (unpaired) electrons. The van der Waals surface area contributed by atoms with Crippen LogP contribution >= 0.6 is 23.2 Å². The molecule has 1 aliphatic rings. The van der Waals surface area contributed by atoms with Gasteiger partial charge in [0, 0.05) is 11.6 Å². The fourth-order valence-electron chi connectivity index (χ4n) is 2.37. The van der Waals surface area contributed by atoms with E-state index in [-0.39, 0.29) is 5.38 Å². The molecule has 3 rings (SSSR count). The third-order valence-corrected chi connectivity index (χ3v) is 3.98. The quantitative estimate of drug-likeness (QED) is 0.738. The molecule has 0 aliphatic heterocycles. The van der Waals surface area contributed by atoms with Crippen LogP contribution < -0.4 is 0 Å². The van der Waals surface area contributed by atoms with E-state index in [2.05, 4.69) is 9.55 Å². The molecule has 0 bridgehead atoms. The zero-order chi connectivity index (χ0) is 12.7. The molecule has 1 aliphatic carbocycles. The largest absolute Gasteiger partial charge is 0.327 e. The van der Waals surface area contributed by atoms with Gasteiger partial charge in [0.1, 0.15) is 5.82 Å². The lowest BCUT2D eigenvalue weighted by Crippen LogP contribution is -2.05. The summed E-state index contributed by atoms with van der Waals surface area (Å²) in [6.07, 6.45) is 3.97. The van der Waals surface area contributed by atoms with Crippen molar-refractivity contribution in [3.05, 3.63) is 29.0 Å². The summed E-state index contributed by atoms with van der Waals surface area (Å²) in [5, 5.41) is 0.680. The van der Waals surface area contributed by atoms with E-state index in [0.29, 0.717) is 0 Å². The predicted octanol–water partition coefficient (Wildman–Crippen LogP) is 4.79. The normalized spacial score (nSPS) is 17.3. The molecule has 0 spiro atoms. The first-order valence-electron chi connectivity index (χ1n) is 6.45. The summed E-state index contributed by atoms with van der Waals surface area (Å²) in [6, 6.07) is 5.83. The van der Waals surface area contributed by atoms with Crippen molar-refractivity contribution in [1.29, 1.82) is 0 Å². The van der Waals surface area contributed by atoms with E-state index in [4.69, 9.17) is 23.2 Å². The molecular weight excluding hydrogens is 267 g/mol. The highest BCUT2D eigenvalue weighted by Crippen LogP contribution is 2.34. The molecule has 1 heterocycles. The summed E-state index contributed by atoms with van der Waals surface area (Å²) in [6.45, 7) is 2.96. The lowest BCUT2D eigenvalue weighted by Gasteiger charge is -2.10. The third kappa shape index (κ3) is 2.36. The molecule has 4 heteroatoms. The molecule has 0 N–H and O–H groups in total. The van der Waals surface area contributed by atoms with Gasteiger partial charge in [-0.2, -0.15) is 0 Å². The van der Waals surface area contributed by atoms with Gasteiger partial charge >= 0.3 is 0 Å². The van der Waals surface area contributed by atoms with Crippen LogP contribution in [-0.4, -0.2) is 9.55 Å². The molecule has 0 amide bonds. The number of nitrogens with zero attached hydrogens (tertiary/aromatic N) is 2. The number of imidazole rings is 1. The lowest BCUT2D eigenvalue weighted by molar-refractivity contribution is 0.585. The van der Waals surface area contributed by atoms with Crippen LogP contribution in [0, 0.1) is 5.92 Å². The maximum Gasteiger partial charge on any atom is 0.127 e. The van der Waals surface area contributed by atoms with Crippen LogP contribution in [0.4, 0.5) is 0 Å². The molecule has 96 valence electrons. The summed E-state index contributed by atoms with van der Waals surface area (Å²) in [5.41, 5.74) is 2.09. The number of benzene rings is 1. The minimum atomic E-state index is -0.0737. The van der Waals surface area contributed by atoms with E-state index in [1.54, 1.807) is 0 Å². The Bertz CT molecular complexity index is 570. The van der Waals surface area contributed by atoms with Crippen LogP contribution in [-0.2, 0) is 6.54 Å². The van der Waals surface area contributed by atoms with Gasteiger partial charge in [-0.05, 0) is 37.5 Å². The molecule has 1 aromatic carbocycles. The van der Waals surface area contributed by atoms with Gasteiger partial charge in [-0.25, -0.2) is 4.98 Å². The van der Waals surface area contributed by atoms with Crippen LogP contribution in [0.25, 0.3) is 11.0 Å². The second kappa shape index (κ2) is 4.75. The van der Waals surface area contributed by atoms with Gasteiger partial charge in [0.25, 0.3) is 0 Å². The van der Waals surface area contributed by atoms with Crippen LogP contribution in [0.3, 0.4) is 0 Å². The van der Waals surface area contributed by atoms with Crippen molar-refractivity contribution in [2.75, 3.05) is 0 Å². The summed E-state index contributed by atoms with van der Waals surface area (Å²) >= 11 is 12.3. The van der Waals surface area contributed by atoms with Crippen molar-refractivity contribution in [3.63, 3.8) is 0 Å². The van der Waals surface area contributed by atoms with E-state index < -0.39 is 0 Å². The highest BCUT2D eigenvalue weighted by atomic mass is 35.5. The molecule has 1 saturated carbocycles. The van der Waals surface area contributed by atoms with Crippen molar-refractivity contribution in [2.24, 2.45) is 5.92 Å². The standard InChI is InChI=1S/C14H16Cl2N2/c1-9(15)14-17-12-5-4-11(16)8-13(12)18(14)7-6-10-2-3-10/h4-5,8-10H,2-3,6-7H2,1H3. The van der Waals surface area contributed by atoms with E-state index in [1.165, 1.54) is 19.3 Å². The van der Waals surface area contributed by atoms with Crippen LogP contribution in [0.5, 0.6) is 0 Å². The van der Waals surface area contributed by atoms with Gasteiger partial charge in [0.2, 0.25) is 0 Å². The average Bonchev–Trinajstić information content (AvgIpc) is 3.08. The van der Waals surface area contributed by atoms with Crippen molar-refractivity contribution in [2.45, 2.75) is 38.1 Å². The van der Waals surface area contributed by atoms with Gasteiger partial charge in [0.05, 0.1) is 16.4 Å². The van der Waals surface area contributed by atoms with Gasteiger partial charge < -0.3 is 4.57 Å². The molecular formula is C14H16Cl2N2. The Morgan fingerprint density at radius 2 is 2.22 bits per heavy atom. The molecule has 2 aromatic rings. The monoisotopic (exact) mass is 282 g/mol. The Morgan fingerprint density at radius 3 is 2.89 bits per heavy atom. The Kier molecular flexibility index (Phi) is 3.25. The maximum absolute atomic E-state index is 6.23. The van der Waals surface area contributed by atoms with E-state index in [9.17, 15) is 0 Å². The summed E-state index contributed by atoms with van der Waals surface area (Å²) in [5.74, 6) is 1.86. The Hall–Kier alpha value is -0.730. The first-order chi connectivity index (χ1) is 8.65. The van der Waals surface area contributed by atoms with Crippen molar-refractivity contribution in [3.8, 4) is 0 Å². The molecule has 1 aromatic heterocycles. The summed E-state index contributed by atoms with van der Waals surface area (Å²) < 4.78 is 2.23. The zero-order valence-electron chi connectivity index (χ0n) is 10.4. The summed E-state index contributed by atoms with van der Waals surface area (Å²) in [7, 11) is 0. The van der Waals surface area contributed by atoms with Gasteiger partial charge in [-0.1, -0.05) is 24.4 Å². The number of aryl methyl sites for hydroxylation is 1. The van der Waals surface area contributed by atoms with Crippen LogP contribution in [0.15, 0.2) is 18.2 Å². The average molecular weight is 283 g/mol. The minimum absolute atomic E-state index is 0.0737. The number of fused-ring (bicyclic) bond motifs is 1. The number of hydrogen-bond acceptors (Lipinski definition) is 1. The Labute approximate surface area is 117 Å². The number of alkyl halides is 1. The zero-order valence-corrected chi connectivity index (χ0v) is 11.9. The second-order valence-electron chi connectivity index (χ2n) is 5.10. The highest BCUT2D eigenvalue weighted by molar-refractivity contribution is 6.31. The Balaban J connectivity index is 2.03. The van der Waals surface area contributed by atoms with Crippen molar-refractivity contribution < 1.29 is 0 Å². The smallest absolute Gasteiger partial charge is 0.127 e. The van der Waals surface area contributed by atoms with Gasteiger partial charge in [0.15, 0.2) is 0 Å². The first-order valence-corrected chi connectivity index (χ1v) is 7.26. The van der Waals surface area contributed by atoms with E-state index in [0.717, 1.165) is 34.3 Å². The van der Waals surface area contributed by atoms with Gasteiger partial charge in [-0.3, -0.25) is 0 Å². The number of aromatic nitrogens is 2. The number of halogens is 2. The van der Waals surface area contributed by atoms with E-state index in [1.807, 2.05) is 25.1 Å². The first kappa shape index (κ1) is 12.3. The predicted molar refractivity (Wildman–Crippen MR) is 76.4 cm³/mol. The fraction of sp³-hybridized carbons (Fsp3) is 0.500. The maximum atomic E-state index is 6.23. The van der Waals surface area contributed by atoms with Crippen LogP contribution in [0.1, 0.15) is 37.4 Å². The third-order valence-electron chi connectivity index (χ3n) is 3.55. The van der Waals surface area contributed by atoms with E-state index >= 15 is 0 Å². The van der Waals surface area contributed by atoms with Crippen molar-refractivity contribution >= 4 is 34.2 Å². The van der Waals surface area contributed by atoms with Crippen molar-refractivity contribution in [1.82, 2.24) is 9.55 Å². The highest BCUT2D eigenvalue weighted by Gasteiger charge is 2.22. The topological polar surface area (TPSA) is 17.8 Å². The van der Waals surface area contributed by atoms with Gasteiger partial charge in [-0.15, -0.1) is 11.6 Å². The molecule has 1 unspecified atom stereocenters. The second-order valence-corrected chi connectivity index (χ2v) is 6.19. The number of hydrogen-bond donors (Lipinski definition) is 0. The SMILES string of the molecule is CC(Cl)c1nc2ccc(Cl)cc2n1CCC1CC1. The fourth-order valence-corrected chi connectivity index (χ4v) is 2.70. The molecule has 1 fully saturated rings. The molecule has 2 nitrogen and oxygen atoms in total.